The quantitative estimate of drug-likeness (QED) is 0.721. The zero-order valence-corrected chi connectivity index (χ0v) is 12.5. The molecule has 7 heteroatoms. The molecule has 1 unspecified atom stereocenters. The molecule has 1 aromatic carbocycles. The molecule has 1 amide bonds. The highest BCUT2D eigenvalue weighted by Gasteiger charge is 2.10. The number of benzene rings is 1. The van der Waals surface area contributed by atoms with Crippen molar-refractivity contribution < 1.29 is 14.6 Å². The van der Waals surface area contributed by atoms with Crippen molar-refractivity contribution in [1.82, 2.24) is 4.98 Å². The van der Waals surface area contributed by atoms with Gasteiger partial charge in [-0.3, -0.25) is 4.79 Å². The fourth-order valence-electron chi connectivity index (χ4n) is 1.69. The van der Waals surface area contributed by atoms with Crippen molar-refractivity contribution in [1.29, 1.82) is 0 Å². The van der Waals surface area contributed by atoms with Crippen molar-refractivity contribution in [3.63, 3.8) is 0 Å². The number of ether oxygens (including phenoxy) is 1. The summed E-state index contributed by atoms with van der Waals surface area (Å²) in [6.45, 7) is 0.337. The van der Waals surface area contributed by atoms with Crippen LogP contribution in [-0.2, 0) is 0 Å². The second-order valence-corrected chi connectivity index (χ2v) is 4.98. The lowest BCUT2D eigenvalue weighted by Crippen LogP contribution is -2.26. The molecule has 1 atom stereocenters. The van der Waals surface area contributed by atoms with Crippen molar-refractivity contribution in [3.8, 4) is 5.75 Å². The highest BCUT2D eigenvalue weighted by Crippen LogP contribution is 2.19. The van der Waals surface area contributed by atoms with E-state index in [4.69, 9.17) is 22.1 Å². The van der Waals surface area contributed by atoms with Gasteiger partial charge in [0.2, 0.25) is 5.91 Å². The normalized spacial score (nSPS) is 11.7. The van der Waals surface area contributed by atoms with Crippen LogP contribution in [-0.4, -0.2) is 35.3 Å². The number of pyridine rings is 1. The Kier molecular flexibility index (Phi) is 5.57. The lowest BCUT2D eigenvalue weighted by molar-refractivity contribution is 0.1000. The predicted octanol–water partition coefficient (Wildman–Crippen LogP) is 1.69. The van der Waals surface area contributed by atoms with Crippen LogP contribution in [0.4, 0.5) is 5.82 Å². The summed E-state index contributed by atoms with van der Waals surface area (Å²) in [6.07, 6.45) is 0.581. The number of hydrogen-bond acceptors (Lipinski definition) is 5. The Morgan fingerprint density at radius 1 is 1.41 bits per heavy atom. The summed E-state index contributed by atoms with van der Waals surface area (Å²) in [5, 5.41) is 13.0. The van der Waals surface area contributed by atoms with E-state index in [1.807, 2.05) is 18.2 Å². The number of nitrogens with two attached hydrogens (primary N) is 1. The lowest BCUT2D eigenvalue weighted by atomic mass is 10.2. The van der Waals surface area contributed by atoms with Crippen LogP contribution in [0.1, 0.15) is 10.4 Å². The molecule has 0 saturated heterocycles. The Morgan fingerprint density at radius 2 is 2.14 bits per heavy atom. The molecule has 116 valence electrons. The summed E-state index contributed by atoms with van der Waals surface area (Å²) in [5.41, 5.74) is 5.36. The van der Waals surface area contributed by atoms with Gasteiger partial charge in [-0.1, -0.05) is 29.8 Å². The smallest absolute Gasteiger partial charge is 0.250 e. The number of aliphatic hydroxyl groups excluding tert-OH is 1. The number of amides is 1. The summed E-state index contributed by atoms with van der Waals surface area (Å²) in [6, 6.07) is 10.6. The molecular weight excluding hydrogens is 306 g/mol. The number of para-hydroxylation sites is 1. The van der Waals surface area contributed by atoms with Crippen molar-refractivity contribution in [2.45, 2.75) is 6.10 Å². The molecule has 0 saturated carbocycles. The molecule has 0 aliphatic carbocycles. The van der Waals surface area contributed by atoms with E-state index in [2.05, 4.69) is 10.3 Å². The van der Waals surface area contributed by atoms with E-state index in [1.54, 1.807) is 12.1 Å². The third-order valence-electron chi connectivity index (χ3n) is 2.82. The monoisotopic (exact) mass is 321 g/mol. The third kappa shape index (κ3) is 4.61. The molecular formula is C15H16ClN3O3. The van der Waals surface area contributed by atoms with Crippen molar-refractivity contribution in [3.05, 3.63) is 53.2 Å². The molecule has 1 heterocycles. The van der Waals surface area contributed by atoms with Crippen LogP contribution in [0.3, 0.4) is 0 Å². The maximum atomic E-state index is 11.0. The van der Waals surface area contributed by atoms with Crippen molar-refractivity contribution in [2.75, 3.05) is 18.5 Å². The number of hydrogen-bond donors (Lipinski definition) is 3. The lowest BCUT2D eigenvalue weighted by Gasteiger charge is -2.14. The van der Waals surface area contributed by atoms with E-state index in [9.17, 15) is 9.90 Å². The Labute approximate surface area is 132 Å². The first-order valence-corrected chi connectivity index (χ1v) is 6.99. The van der Waals surface area contributed by atoms with Gasteiger partial charge in [0.25, 0.3) is 0 Å². The molecule has 2 rings (SSSR count). The first-order chi connectivity index (χ1) is 10.6. The van der Waals surface area contributed by atoms with Crippen LogP contribution in [0.25, 0.3) is 0 Å². The summed E-state index contributed by atoms with van der Waals surface area (Å²) in [4.78, 5) is 15.0. The summed E-state index contributed by atoms with van der Waals surface area (Å²) in [5.74, 6) is 0.450. The van der Waals surface area contributed by atoms with Gasteiger partial charge in [-0.15, -0.1) is 0 Å². The van der Waals surface area contributed by atoms with Gasteiger partial charge in [0, 0.05) is 12.7 Å². The van der Waals surface area contributed by atoms with E-state index < -0.39 is 12.0 Å². The molecule has 22 heavy (non-hydrogen) atoms. The molecule has 2 aromatic rings. The van der Waals surface area contributed by atoms with Crippen LogP contribution in [0.5, 0.6) is 5.75 Å². The van der Waals surface area contributed by atoms with Crippen LogP contribution in [0, 0.1) is 0 Å². The van der Waals surface area contributed by atoms with Crippen molar-refractivity contribution >= 4 is 23.3 Å². The van der Waals surface area contributed by atoms with Crippen molar-refractivity contribution in [2.24, 2.45) is 5.73 Å². The summed E-state index contributed by atoms with van der Waals surface area (Å²) < 4.78 is 5.43. The number of nitrogens with zero attached hydrogens (tertiary/aromatic N) is 1. The number of aliphatic hydroxyl groups is 1. The molecule has 0 spiro atoms. The molecule has 0 aliphatic rings. The van der Waals surface area contributed by atoms with Gasteiger partial charge >= 0.3 is 0 Å². The van der Waals surface area contributed by atoms with Gasteiger partial charge < -0.3 is 20.9 Å². The SMILES string of the molecule is NC(=O)c1cnc(NCC(O)COc2ccccc2)c(Cl)c1. The fourth-order valence-corrected chi connectivity index (χ4v) is 1.92. The van der Waals surface area contributed by atoms with Crippen LogP contribution >= 0.6 is 11.6 Å². The summed E-state index contributed by atoms with van der Waals surface area (Å²) in [7, 11) is 0. The zero-order chi connectivity index (χ0) is 15.9. The Balaban J connectivity index is 1.83. The van der Waals surface area contributed by atoms with Gasteiger partial charge in [0.1, 0.15) is 24.3 Å². The number of anilines is 1. The Bertz CT molecular complexity index is 637. The minimum absolute atomic E-state index is 0.133. The number of carbonyl (C=O) groups excluding carboxylic acids is 1. The fraction of sp³-hybridized carbons (Fsp3) is 0.200. The molecule has 4 N–H and O–H groups in total. The number of halogens is 1. The minimum Gasteiger partial charge on any atom is -0.491 e. The molecule has 1 aromatic heterocycles. The number of primary amides is 1. The van der Waals surface area contributed by atoms with Gasteiger partial charge in [0.05, 0.1) is 10.6 Å². The van der Waals surface area contributed by atoms with Gasteiger partial charge in [-0.2, -0.15) is 0 Å². The van der Waals surface area contributed by atoms with E-state index in [1.165, 1.54) is 12.3 Å². The highest BCUT2D eigenvalue weighted by atomic mass is 35.5. The second-order valence-electron chi connectivity index (χ2n) is 4.58. The molecule has 0 fully saturated rings. The molecule has 0 aliphatic heterocycles. The van der Waals surface area contributed by atoms with E-state index >= 15 is 0 Å². The first kappa shape index (κ1) is 16.1. The number of nitrogens with one attached hydrogen (secondary N) is 1. The van der Waals surface area contributed by atoms with Crippen LogP contribution in [0.15, 0.2) is 42.6 Å². The van der Waals surface area contributed by atoms with Crippen LogP contribution < -0.4 is 15.8 Å². The molecule has 0 bridgehead atoms. The first-order valence-electron chi connectivity index (χ1n) is 6.61. The zero-order valence-electron chi connectivity index (χ0n) is 11.7. The topological polar surface area (TPSA) is 97.5 Å². The van der Waals surface area contributed by atoms with E-state index in [0.717, 1.165) is 0 Å². The predicted molar refractivity (Wildman–Crippen MR) is 84.2 cm³/mol. The molecule has 6 nitrogen and oxygen atoms in total. The second kappa shape index (κ2) is 7.63. The van der Waals surface area contributed by atoms with E-state index in [0.29, 0.717) is 11.6 Å². The van der Waals surface area contributed by atoms with Gasteiger partial charge in [0.15, 0.2) is 0 Å². The standard InChI is InChI=1S/C15H16ClN3O3/c16-13-6-10(14(17)21)7-18-15(13)19-8-11(20)9-22-12-4-2-1-3-5-12/h1-7,11,20H,8-9H2,(H2,17,21)(H,18,19). The summed E-state index contributed by atoms with van der Waals surface area (Å²) >= 11 is 5.98. The van der Waals surface area contributed by atoms with Crippen LogP contribution in [0.2, 0.25) is 5.02 Å². The molecule has 0 radical (unpaired) electrons. The maximum absolute atomic E-state index is 11.0. The Hall–Kier alpha value is -2.31. The number of rotatable bonds is 7. The largest absolute Gasteiger partial charge is 0.491 e. The number of aromatic nitrogens is 1. The Morgan fingerprint density at radius 3 is 2.77 bits per heavy atom. The number of carbonyl (C=O) groups is 1. The van der Waals surface area contributed by atoms with Gasteiger partial charge in [-0.25, -0.2) is 4.98 Å². The van der Waals surface area contributed by atoms with E-state index in [-0.39, 0.29) is 23.7 Å². The maximum Gasteiger partial charge on any atom is 0.250 e. The average molecular weight is 322 g/mol. The average Bonchev–Trinajstić information content (AvgIpc) is 2.52. The third-order valence-corrected chi connectivity index (χ3v) is 3.10. The highest BCUT2D eigenvalue weighted by molar-refractivity contribution is 6.33. The van der Waals surface area contributed by atoms with Gasteiger partial charge in [-0.05, 0) is 18.2 Å². The minimum atomic E-state index is -0.742.